The summed E-state index contributed by atoms with van der Waals surface area (Å²) in [6.07, 6.45) is 0. The van der Waals surface area contributed by atoms with Crippen molar-refractivity contribution in [3.05, 3.63) is 0 Å². The van der Waals surface area contributed by atoms with Crippen molar-refractivity contribution >= 4 is 20.0 Å². The molecule has 0 heterocycles. The maximum atomic E-state index is 10.3. The van der Waals surface area contributed by atoms with Crippen LogP contribution in [0.25, 0.3) is 0 Å². The van der Waals surface area contributed by atoms with E-state index in [1.165, 1.54) is 0 Å². The van der Waals surface area contributed by atoms with Gasteiger partial charge >= 0.3 is 9.33 Å². The molecule has 0 aliphatic rings. The molecule has 3 nitrogen and oxygen atoms in total. The lowest BCUT2D eigenvalue weighted by Crippen LogP contribution is -1.83. The monoisotopic (exact) mass is 134 g/mol. The summed E-state index contributed by atoms with van der Waals surface area (Å²) in [6, 6.07) is 0. The van der Waals surface area contributed by atoms with Crippen molar-refractivity contribution in [2.75, 3.05) is 0 Å². The first-order valence-corrected chi connectivity index (χ1v) is 3.04. The first kappa shape index (κ1) is 6.13. The highest BCUT2D eigenvalue weighted by molar-refractivity contribution is 8.09. The summed E-state index contributed by atoms with van der Waals surface area (Å²) in [7, 11) is -0.264. The normalized spacial score (nSPS) is 11.7. The van der Waals surface area contributed by atoms with Crippen LogP contribution in [-0.2, 0) is 13.7 Å². The second kappa shape index (κ2) is 1.72. The minimum atomic E-state index is -4.36. The molecule has 0 N–H and O–H groups in total. The van der Waals surface area contributed by atoms with Crippen molar-refractivity contribution < 1.29 is 17.3 Å². The molecular formula is ClFO3S. The third-order valence-electron chi connectivity index (χ3n) is 0.0752. The Balaban J connectivity index is 3.85. The number of hydrogen-bond acceptors (Lipinski definition) is 3. The second-order valence-corrected chi connectivity index (χ2v) is 2.50. The Morgan fingerprint density at radius 3 is 1.83 bits per heavy atom. The highest BCUT2D eigenvalue weighted by Gasteiger charge is 2.00. The summed E-state index contributed by atoms with van der Waals surface area (Å²) < 4.78 is 30.8. The maximum Gasteiger partial charge on any atom is 0.385 e. The van der Waals surface area contributed by atoms with Gasteiger partial charge in [-0.15, -0.1) is 0 Å². The van der Waals surface area contributed by atoms with Crippen LogP contribution in [0, 0.1) is 0 Å². The fourth-order valence-corrected chi connectivity index (χ4v) is 0. The predicted octanol–water partition coefficient (Wildman–Crippen LogP) is 0.371. The van der Waals surface area contributed by atoms with Gasteiger partial charge in [-0.3, -0.25) is 0 Å². The van der Waals surface area contributed by atoms with Crippen molar-refractivity contribution in [2.24, 2.45) is 0 Å². The van der Waals surface area contributed by atoms with E-state index in [4.69, 9.17) is 8.42 Å². The standard InChI is InChI=1S/ClFO3S/c1-6(3,4)5-2. The molecule has 0 saturated carbocycles. The second-order valence-electron chi connectivity index (χ2n) is 0.456. The van der Waals surface area contributed by atoms with Gasteiger partial charge in [0.15, 0.2) is 0 Å². The van der Waals surface area contributed by atoms with Crippen molar-refractivity contribution in [3.63, 3.8) is 0 Å². The summed E-state index contributed by atoms with van der Waals surface area (Å²) in [6.45, 7) is 0. The van der Waals surface area contributed by atoms with Gasteiger partial charge in [0, 0.05) is 0 Å². The van der Waals surface area contributed by atoms with Gasteiger partial charge < -0.3 is 0 Å². The van der Waals surface area contributed by atoms with E-state index in [2.05, 4.69) is 15.1 Å². The van der Waals surface area contributed by atoms with Gasteiger partial charge in [0.05, 0.1) is 10.7 Å². The molecule has 0 unspecified atom stereocenters. The quantitative estimate of drug-likeness (QED) is 0.487. The largest absolute Gasteiger partial charge is 0.385 e. The summed E-state index contributed by atoms with van der Waals surface area (Å²) in [5.41, 5.74) is 0. The SMILES string of the molecule is O=S(=O)(Cl)OF. The molecule has 0 aromatic carbocycles. The van der Waals surface area contributed by atoms with Gasteiger partial charge in [-0.2, -0.15) is 8.42 Å². The van der Waals surface area contributed by atoms with Crippen molar-refractivity contribution in [3.8, 4) is 0 Å². The smallest absolute Gasteiger partial charge is 0.179 e. The molecule has 0 bridgehead atoms. The maximum absolute atomic E-state index is 10.3. The zero-order valence-corrected chi connectivity index (χ0v) is 3.96. The lowest BCUT2D eigenvalue weighted by molar-refractivity contribution is 0.00719. The molecule has 6 heavy (non-hydrogen) atoms. The topological polar surface area (TPSA) is 43.4 Å². The lowest BCUT2D eigenvalue weighted by atomic mass is 15.6. The van der Waals surface area contributed by atoms with Crippen molar-refractivity contribution in [1.29, 1.82) is 0 Å². The van der Waals surface area contributed by atoms with E-state index in [1.54, 1.807) is 0 Å². The molecule has 0 aliphatic heterocycles. The van der Waals surface area contributed by atoms with Crippen LogP contribution in [0.5, 0.6) is 0 Å². The molecule has 0 atom stereocenters. The van der Waals surface area contributed by atoms with Crippen LogP contribution in [0.3, 0.4) is 0 Å². The molecule has 0 aromatic rings. The third-order valence-corrected chi connectivity index (χ3v) is 0.369. The van der Waals surface area contributed by atoms with Gasteiger partial charge in [-0.25, -0.2) is 0 Å². The molecule has 0 amide bonds. The average molecular weight is 135 g/mol. The first-order chi connectivity index (χ1) is 2.56. The summed E-state index contributed by atoms with van der Waals surface area (Å²) >= 11 is 0. The van der Waals surface area contributed by atoms with Crippen LogP contribution in [0.1, 0.15) is 0 Å². The van der Waals surface area contributed by atoms with Crippen LogP contribution in [0.2, 0.25) is 0 Å². The van der Waals surface area contributed by atoms with E-state index < -0.39 is 9.33 Å². The highest BCUT2D eigenvalue weighted by atomic mass is 35.7. The predicted molar refractivity (Wildman–Crippen MR) is 17.0 cm³/mol. The fourth-order valence-electron chi connectivity index (χ4n) is 0. The van der Waals surface area contributed by atoms with Gasteiger partial charge in [0.2, 0.25) is 0 Å². The molecule has 0 saturated heterocycles. The summed E-state index contributed by atoms with van der Waals surface area (Å²) in [5.74, 6) is 0. The Labute approximate surface area is 38.2 Å². The van der Waals surface area contributed by atoms with E-state index in [0.29, 0.717) is 0 Å². The summed E-state index contributed by atoms with van der Waals surface area (Å²) in [5, 5.41) is 0. The first-order valence-electron chi connectivity index (χ1n) is 0.809. The number of halogens is 2. The van der Waals surface area contributed by atoms with E-state index in [-0.39, 0.29) is 0 Å². The zero-order valence-electron chi connectivity index (χ0n) is 2.39. The Morgan fingerprint density at radius 2 is 1.83 bits per heavy atom. The summed E-state index contributed by atoms with van der Waals surface area (Å²) in [4.78, 5) is 0. The Morgan fingerprint density at radius 1 is 1.67 bits per heavy atom. The minimum absolute atomic E-state index is 2.18. The minimum Gasteiger partial charge on any atom is -0.179 e. The van der Waals surface area contributed by atoms with Crippen LogP contribution in [0.4, 0.5) is 4.53 Å². The molecule has 0 aliphatic carbocycles. The molecule has 0 spiro atoms. The van der Waals surface area contributed by atoms with Crippen LogP contribution in [-0.4, -0.2) is 8.42 Å². The van der Waals surface area contributed by atoms with E-state index >= 15 is 0 Å². The van der Waals surface area contributed by atoms with Gasteiger partial charge in [-0.05, 0) is 4.53 Å². The van der Waals surface area contributed by atoms with Crippen molar-refractivity contribution in [1.82, 2.24) is 0 Å². The Hall–Kier alpha value is 0.130. The molecule has 0 radical (unpaired) electrons. The Bertz CT molecular complexity index is 113. The van der Waals surface area contributed by atoms with E-state index in [1.807, 2.05) is 0 Å². The highest BCUT2D eigenvalue weighted by Crippen LogP contribution is 1.96. The average Bonchev–Trinajstić information content (AvgIpc) is 1.35. The van der Waals surface area contributed by atoms with Gasteiger partial charge in [-0.1, -0.05) is 4.39 Å². The lowest BCUT2D eigenvalue weighted by Gasteiger charge is -1.73. The molecule has 38 valence electrons. The molecular weight excluding hydrogens is 135 g/mol. The number of rotatable bonds is 1. The van der Waals surface area contributed by atoms with Crippen LogP contribution >= 0.6 is 10.7 Å². The van der Waals surface area contributed by atoms with Gasteiger partial charge in [0.1, 0.15) is 0 Å². The van der Waals surface area contributed by atoms with Crippen molar-refractivity contribution in [2.45, 2.75) is 0 Å². The van der Waals surface area contributed by atoms with Gasteiger partial charge in [0.25, 0.3) is 0 Å². The van der Waals surface area contributed by atoms with E-state index in [9.17, 15) is 4.53 Å². The van der Waals surface area contributed by atoms with Crippen LogP contribution < -0.4 is 0 Å². The van der Waals surface area contributed by atoms with Crippen LogP contribution in [0.15, 0.2) is 0 Å². The third kappa shape index (κ3) is 4.13. The molecule has 0 rings (SSSR count). The Kier molecular flexibility index (Phi) is 1.76. The fraction of sp³-hybridized carbons (Fsp3) is 0. The zero-order chi connectivity index (χ0) is 5.21. The van der Waals surface area contributed by atoms with E-state index in [0.717, 1.165) is 0 Å². The molecule has 0 aromatic heterocycles. The molecule has 0 fully saturated rings. The number of hydrogen-bond donors (Lipinski definition) is 0. The molecule has 6 heteroatoms.